The Morgan fingerprint density at radius 3 is 1.93 bits per heavy atom. The van der Waals surface area contributed by atoms with Crippen molar-refractivity contribution in [3.05, 3.63) is 92.3 Å². The van der Waals surface area contributed by atoms with Crippen LogP contribution in [-0.4, -0.2) is 41.2 Å². The van der Waals surface area contributed by atoms with Gasteiger partial charge in [-0.1, -0.05) is 49.7 Å². The lowest BCUT2D eigenvalue weighted by Gasteiger charge is -2.38. The summed E-state index contributed by atoms with van der Waals surface area (Å²) in [4.78, 5) is 12.8. The molecule has 10 heteroatoms. The van der Waals surface area contributed by atoms with E-state index in [9.17, 15) is 13.2 Å². The van der Waals surface area contributed by atoms with Gasteiger partial charge in [-0.25, -0.2) is 31.9 Å². The molecule has 3 aromatic carbocycles. The van der Waals surface area contributed by atoms with Crippen LogP contribution in [0.5, 0.6) is 0 Å². The summed E-state index contributed by atoms with van der Waals surface area (Å²) < 4.78 is 73.1. The van der Waals surface area contributed by atoms with E-state index in [1.54, 1.807) is 19.1 Å². The summed E-state index contributed by atoms with van der Waals surface area (Å²) in [5.74, 6) is -9.93. The van der Waals surface area contributed by atoms with E-state index in [2.05, 4.69) is 18.8 Å². The first-order chi connectivity index (χ1) is 19.5. The maximum Gasteiger partial charge on any atom is 0.200 e. The molecule has 0 bridgehead atoms. The molecule has 0 unspecified atom stereocenters. The Bertz CT molecular complexity index is 1460. The zero-order chi connectivity index (χ0) is 30.0. The van der Waals surface area contributed by atoms with Crippen LogP contribution in [0.2, 0.25) is 5.02 Å². The predicted molar refractivity (Wildman–Crippen MR) is 154 cm³/mol. The largest absolute Gasteiger partial charge is 0.342 e. The molecule has 1 fully saturated rings. The molecule has 1 aliphatic rings. The number of aliphatic imine (C=N–C) groups is 2. The predicted octanol–water partition coefficient (Wildman–Crippen LogP) is 8.57. The Labute approximate surface area is 242 Å². The topological polar surface area (TPSA) is 31.2 Å². The number of nitrogens with zero attached hydrogens (tertiary/aromatic N) is 4. The molecule has 0 aromatic heterocycles. The van der Waals surface area contributed by atoms with Crippen LogP contribution in [0.3, 0.4) is 0 Å². The molecule has 0 saturated carbocycles. The van der Waals surface area contributed by atoms with Gasteiger partial charge < -0.3 is 9.80 Å². The molecule has 1 saturated heterocycles. The third-order valence-electron chi connectivity index (χ3n) is 7.24. The van der Waals surface area contributed by atoms with Gasteiger partial charge in [-0.3, -0.25) is 0 Å². The normalized spacial score (nSPS) is 14.7. The van der Waals surface area contributed by atoms with Crippen molar-refractivity contribution in [1.29, 1.82) is 0 Å². The Kier molecular flexibility index (Phi) is 9.37. The SMILES string of the molecule is CCc1cccc(CC)c1/N=C(\C)N1CCCN(/C(=N/c2c(C)cc(C)cc2Cl)c2c(F)c(F)c(F)c(F)c2F)C1. The molecular weight excluding hydrogens is 559 g/mol. The number of benzene rings is 3. The summed E-state index contributed by atoms with van der Waals surface area (Å²) in [7, 11) is 0. The van der Waals surface area contributed by atoms with E-state index in [-0.39, 0.29) is 23.9 Å². The van der Waals surface area contributed by atoms with E-state index >= 15 is 8.78 Å². The summed E-state index contributed by atoms with van der Waals surface area (Å²) >= 11 is 6.45. The van der Waals surface area contributed by atoms with Crippen LogP contribution in [0, 0.1) is 42.9 Å². The van der Waals surface area contributed by atoms with E-state index in [0.717, 1.165) is 35.2 Å². The highest BCUT2D eigenvalue weighted by molar-refractivity contribution is 6.33. The summed E-state index contributed by atoms with van der Waals surface area (Å²) in [6.45, 7) is 10.4. The van der Waals surface area contributed by atoms with Crippen LogP contribution >= 0.6 is 11.6 Å². The number of halogens is 6. The van der Waals surface area contributed by atoms with E-state index in [0.29, 0.717) is 24.4 Å². The van der Waals surface area contributed by atoms with Crippen molar-refractivity contribution < 1.29 is 22.0 Å². The monoisotopic (exact) mass is 590 g/mol. The van der Waals surface area contributed by atoms with Gasteiger partial charge in [-0.2, -0.15) is 0 Å². The first kappa shape index (κ1) is 30.5. The zero-order valence-electron chi connectivity index (χ0n) is 23.7. The second kappa shape index (κ2) is 12.6. The first-order valence-corrected chi connectivity index (χ1v) is 13.9. The third-order valence-corrected chi connectivity index (χ3v) is 7.53. The van der Waals surface area contributed by atoms with Gasteiger partial charge in [-0.05, 0) is 68.4 Å². The second-order valence-electron chi connectivity index (χ2n) is 10.1. The molecule has 0 aliphatic carbocycles. The highest BCUT2D eigenvalue weighted by Gasteiger charge is 2.33. The third kappa shape index (κ3) is 6.10. The van der Waals surface area contributed by atoms with Crippen molar-refractivity contribution in [1.82, 2.24) is 9.80 Å². The fraction of sp³-hybridized carbons (Fsp3) is 0.355. The summed E-state index contributed by atoms with van der Waals surface area (Å²) in [5, 5.41) is 0.193. The molecule has 4 rings (SSSR count). The standard InChI is InChI=1S/C31H32ClF5N4/c1-6-20-10-8-11-21(7-2)30(20)38-19(5)40-12-9-13-41(16-40)31(39-29-18(4)14-17(3)15-22(29)32)23-24(33)26(35)28(37)27(36)25(23)34/h8,10-11,14-15H,6-7,9,12-13,16H2,1-5H3/b38-19+,39-31+. The minimum Gasteiger partial charge on any atom is -0.342 e. The highest BCUT2D eigenvalue weighted by Crippen LogP contribution is 2.34. The maximum atomic E-state index is 15.2. The molecule has 3 aromatic rings. The molecular formula is C31H32ClF5N4. The fourth-order valence-corrected chi connectivity index (χ4v) is 5.43. The van der Waals surface area contributed by atoms with Gasteiger partial charge in [0.2, 0.25) is 5.82 Å². The molecule has 1 aliphatic heterocycles. The Balaban J connectivity index is 1.85. The summed E-state index contributed by atoms with van der Waals surface area (Å²) in [6, 6.07) is 9.44. The van der Waals surface area contributed by atoms with Gasteiger partial charge >= 0.3 is 0 Å². The van der Waals surface area contributed by atoms with Crippen molar-refractivity contribution in [2.75, 3.05) is 19.8 Å². The maximum absolute atomic E-state index is 15.2. The molecule has 4 nitrogen and oxygen atoms in total. The lowest BCUT2D eigenvalue weighted by atomic mass is 10.0. The van der Waals surface area contributed by atoms with Crippen LogP contribution < -0.4 is 0 Å². The molecule has 41 heavy (non-hydrogen) atoms. The number of rotatable bonds is 5. The summed E-state index contributed by atoms with van der Waals surface area (Å²) in [5.41, 5.74) is 3.56. The van der Waals surface area contributed by atoms with Gasteiger partial charge in [0.25, 0.3) is 0 Å². The first-order valence-electron chi connectivity index (χ1n) is 13.5. The van der Waals surface area contributed by atoms with E-state index in [1.165, 1.54) is 4.90 Å². The second-order valence-corrected chi connectivity index (χ2v) is 10.5. The van der Waals surface area contributed by atoms with E-state index in [1.807, 2.05) is 36.9 Å². The van der Waals surface area contributed by atoms with Crippen LogP contribution in [0.25, 0.3) is 0 Å². The Morgan fingerprint density at radius 2 is 1.37 bits per heavy atom. The van der Waals surface area contributed by atoms with Crippen molar-refractivity contribution in [3.63, 3.8) is 0 Å². The van der Waals surface area contributed by atoms with Crippen molar-refractivity contribution in [2.24, 2.45) is 9.98 Å². The quantitative estimate of drug-likeness (QED) is 0.0980. The lowest BCUT2D eigenvalue weighted by Crippen LogP contribution is -2.49. The van der Waals surface area contributed by atoms with Crippen LogP contribution in [0.1, 0.15) is 55.0 Å². The van der Waals surface area contributed by atoms with Crippen LogP contribution in [-0.2, 0) is 12.8 Å². The number of para-hydroxylation sites is 1. The van der Waals surface area contributed by atoms with Gasteiger partial charge in [0.1, 0.15) is 11.7 Å². The van der Waals surface area contributed by atoms with Gasteiger partial charge in [0.15, 0.2) is 23.3 Å². The smallest absolute Gasteiger partial charge is 0.200 e. The van der Waals surface area contributed by atoms with E-state index < -0.39 is 40.5 Å². The zero-order valence-corrected chi connectivity index (χ0v) is 24.4. The Hall–Kier alpha value is -3.46. The summed E-state index contributed by atoms with van der Waals surface area (Å²) in [6.07, 6.45) is 2.11. The van der Waals surface area contributed by atoms with Crippen molar-refractivity contribution in [2.45, 2.75) is 53.9 Å². The molecule has 0 radical (unpaired) electrons. The molecule has 0 N–H and O–H groups in total. The molecule has 218 valence electrons. The number of aryl methyl sites for hydroxylation is 4. The van der Waals surface area contributed by atoms with Gasteiger partial charge in [-0.15, -0.1) is 0 Å². The Morgan fingerprint density at radius 1 is 0.805 bits per heavy atom. The lowest BCUT2D eigenvalue weighted by molar-refractivity contribution is 0.211. The van der Waals surface area contributed by atoms with Gasteiger partial charge in [0, 0.05) is 13.1 Å². The van der Waals surface area contributed by atoms with Gasteiger partial charge in [0.05, 0.1) is 28.6 Å². The average Bonchev–Trinajstić information content (AvgIpc) is 2.96. The van der Waals surface area contributed by atoms with Crippen LogP contribution in [0.15, 0.2) is 40.3 Å². The average molecular weight is 591 g/mol. The van der Waals surface area contributed by atoms with E-state index in [4.69, 9.17) is 16.6 Å². The molecule has 1 heterocycles. The van der Waals surface area contributed by atoms with Crippen LogP contribution in [0.4, 0.5) is 33.3 Å². The number of hydrogen-bond donors (Lipinski definition) is 0. The fourth-order valence-electron chi connectivity index (χ4n) is 5.07. The minimum atomic E-state index is -2.22. The van der Waals surface area contributed by atoms with Crippen molar-refractivity contribution >= 4 is 34.6 Å². The number of hydrogen-bond acceptors (Lipinski definition) is 2. The molecule has 0 amide bonds. The highest BCUT2D eigenvalue weighted by atomic mass is 35.5. The minimum absolute atomic E-state index is 0.0614. The van der Waals surface area contributed by atoms with Crippen molar-refractivity contribution in [3.8, 4) is 0 Å². The molecule has 0 spiro atoms. The number of amidine groups is 2. The molecule has 0 atom stereocenters.